The van der Waals surface area contributed by atoms with E-state index in [2.05, 4.69) is 25.1 Å². The Bertz CT molecular complexity index is 73.5. The van der Waals surface area contributed by atoms with Crippen LogP contribution in [0.3, 0.4) is 0 Å². The van der Waals surface area contributed by atoms with Crippen LogP contribution in [0, 0.1) is 0 Å². The lowest BCUT2D eigenvalue weighted by molar-refractivity contribution is -0.262. The van der Waals surface area contributed by atoms with E-state index in [9.17, 15) is 0 Å². The Balaban J connectivity index is 3.59. The van der Waals surface area contributed by atoms with Gasteiger partial charge in [-0.05, 0) is 0 Å². The second kappa shape index (κ2) is 3.18. The monoisotopic (exact) mass is 133 g/mol. The summed E-state index contributed by atoms with van der Waals surface area (Å²) in [7, 11) is 3.65. The highest BCUT2D eigenvalue weighted by Crippen LogP contribution is 2.14. The van der Waals surface area contributed by atoms with Gasteiger partial charge in [-0.3, -0.25) is 0 Å². The van der Waals surface area contributed by atoms with Crippen molar-refractivity contribution in [2.24, 2.45) is 0 Å². The van der Waals surface area contributed by atoms with Gasteiger partial charge in [-0.15, -0.1) is 0 Å². The first-order chi connectivity index (χ1) is 3.98. The van der Waals surface area contributed by atoms with Crippen molar-refractivity contribution in [1.82, 2.24) is 0 Å². The Hall–Kier alpha value is -0.0800. The maximum atomic E-state index is 4.92. The van der Waals surface area contributed by atoms with Gasteiger partial charge in [0.1, 0.15) is 7.11 Å². The molecule has 0 amide bonds. The van der Waals surface area contributed by atoms with Crippen molar-refractivity contribution in [2.75, 3.05) is 21.0 Å². The predicted octanol–water partition coefficient (Wildman–Crippen LogP) is 1.57. The second-order valence-electron chi connectivity index (χ2n) is 3.16. The molecule has 0 N–H and O–H groups in total. The van der Waals surface area contributed by atoms with Crippen molar-refractivity contribution in [3.63, 3.8) is 0 Å². The van der Waals surface area contributed by atoms with Crippen molar-refractivity contribution in [3.8, 4) is 0 Å². The molecule has 2 nitrogen and oxygen atoms in total. The first-order valence-electron chi connectivity index (χ1n) is 3.10. The lowest BCUT2D eigenvalue weighted by atomic mass is 10.2. The molecule has 0 saturated carbocycles. The highest BCUT2D eigenvalue weighted by molar-refractivity contribution is 4.60. The summed E-state index contributed by atoms with van der Waals surface area (Å²) in [5.74, 6) is 0. The Labute approximate surface area is 57.5 Å². The number of ether oxygens (including phenoxy) is 1. The van der Waals surface area contributed by atoms with Crippen LogP contribution in [-0.2, 0) is 9.10 Å². The Kier molecular flexibility index (Phi) is 3.15. The fraction of sp³-hybridized carbons (Fsp3) is 1.00. The normalized spacial score (nSPS) is 12.7. The van der Waals surface area contributed by atoms with Crippen LogP contribution in [0.4, 0.5) is 0 Å². The summed E-state index contributed by atoms with van der Waals surface area (Å²) < 4.78 is 7.82. The Morgan fingerprint density at radius 3 is 1.89 bits per heavy atom. The number of hydrogen-bond donors (Lipinski definition) is 0. The average molecular weight is 133 g/mol. The number of methoxy groups -OCH3 is 1. The molecule has 2 heteroatoms. The van der Waals surface area contributed by atoms with Gasteiger partial charge in [0.25, 0.3) is 6.79 Å². The van der Waals surface area contributed by atoms with Crippen LogP contribution in [0.5, 0.6) is 0 Å². The fourth-order valence-electron chi connectivity index (χ4n) is 0.354. The Morgan fingerprint density at radius 2 is 1.78 bits per heavy atom. The first kappa shape index (κ1) is 8.92. The third kappa shape index (κ3) is 3.49. The second-order valence-corrected chi connectivity index (χ2v) is 3.16. The zero-order chi connectivity index (χ0) is 7.49. The first-order valence-corrected chi connectivity index (χ1v) is 3.10. The molecule has 0 aliphatic heterocycles. The van der Waals surface area contributed by atoms with Crippen LogP contribution in [0.25, 0.3) is 0 Å². The topological polar surface area (TPSA) is 11.9 Å². The lowest BCUT2D eigenvalue weighted by Crippen LogP contribution is -2.31. The molecule has 0 aliphatic rings. The van der Waals surface area contributed by atoms with Gasteiger partial charge >= 0.3 is 0 Å². The van der Waals surface area contributed by atoms with E-state index in [0.29, 0.717) is 6.79 Å². The summed E-state index contributed by atoms with van der Waals surface area (Å²) in [5.41, 5.74) is 0.135. The largest absolute Gasteiger partial charge is 0.399 e. The zero-order valence-corrected chi connectivity index (χ0v) is 7.02. The maximum Gasteiger partial charge on any atom is 0.255 e. The van der Waals surface area contributed by atoms with Gasteiger partial charge in [-0.25, -0.2) is 0 Å². The van der Waals surface area contributed by atoms with Gasteiger partial charge < -0.3 is 9.10 Å². The van der Waals surface area contributed by atoms with E-state index in [1.54, 1.807) is 7.11 Å². The fourth-order valence-corrected chi connectivity index (χ4v) is 0.354. The van der Waals surface area contributed by atoms with Crippen LogP contribution in [-0.4, -0.2) is 26.6 Å². The molecule has 0 aromatic carbocycles. The molecule has 0 heterocycles. The Morgan fingerprint density at radius 1 is 1.33 bits per heavy atom. The van der Waals surface area contributed by atoms with Crippen molar-refractivity contribution in [2.45, 2.75) is 26.4 Å². The molecule has 0 radical (unpaired) electrons. The minimum atomic E-state index is 0.135. The molecule has 0 atom stereocenters. The van der Waals surface area contributed by atoms with Crippen LogP contribution >= 0.6 is 0 Å². The quantitative estimate of drug-likeness (QED) is 0.411. The highest BCUT2D eigenvalue weighted by atomic mass is 16.8. The SMILES string of the molecule is COC[O+](C)C(C)(C)C. The summed E-state index contributed by atoms with van der Waals surface area (Å²) in [6.07, 6.45) is 0. The molecule has 56 valence electrons. The van der Waals surface area contributed by atoms with E-state index in [1.165, 1.54) is 0 Å². The van der Waals surface area contributed by atoms with E-state index in [4.69, 9.17) is 4.74 Å². The van der Waals surface area contributed by atoms with Crippen molar-refractivity contribution in [1.29, 1.82) is 0 Å². The van der Waals surface area contributed by atoms with Gasteiger partial charge in [-0.2, -0.15) is 0 Å². The van der Waals surface area contributed by atoms with Crippen LogP contribution in [0.15, 0.2) is 0 Å². The maximum absolute atomic E-state index is 4.92. The average Bonchev–Trinajstić information content (AvgIpc) is 1.64. The lowest BCUT2D eigenvalue weighted by Gasteiger charge is -2.26. The molecule has 0 spiro atoms. The third-order valence-corrected chi connectivity index (χ3v) is 1.34. The van der Waals surface area contributed by atoms with Crippen molar-refractivity contribution in [3.05, 3.63) is 0 Å². The van der Waals surface area contributed by atoms with E-state index >= 15 is 0 Å². The van der Waals surface area contributed by atoms with E-state index in [0.717, 1.165) is 0 Å². The van der Waals surface area contributed by atoms with E-state index < -0.39 is 0 Å². The zero-order valence-electron chi connectivity index (χ0n) is 7.02. The molecule has 0 rings (SSSR count). The third-order valence-electron chi connectivity index (χ3n) is 1.34. The molecule has 0 aromatic rings. The molecule has 0 aromatic heterocycles. The molecule has 0 unspecified atom stereocenters. The smallest absolute Gasteiger partial charge is 0.255 e. The standard InChI is InChI=1S/C7H17O2/c1-7(2,3)9(5)6-8-4/h6H2,1-5H3/q+1. The molecule has 0 saturated heterocycles. The minimum Gasteiger partial charge on any atom is -0.399 e. The van der Waals surface area contributed by atoms with E-state index in [-0.39, 0.29) is 5.60 Å². The van der Waals surface area contributed by atoms with Gasteiger partial charge in [-0.1, -0.05) is 0 Å². The van der Waals surface area contributed by atoms with Crippen molar-refractivity contribution >= 4 is 0 Å². The van der Waals surface area contributed by atoms with Gasteiger partial charge in [0, 0.05) is 27.9 Å². The molecular formula is C7H17O2+. The summed E-state index contributed by atoms with van der Waals surface area (Å²) in [6, 6.07) is 0. The molecule has 0 fully saturated rings. The molecule has 9 heavy (non-hydrogen) atoms. The summed E-state index contributed by atoms with van der Waals surface area (Å²) in [5, 5.41) is 0. The number of rotatable bonds is 2. The summed E-state index contributed by atoms with van der Waals surface area (Å²) in [6.45, 7) is 6.98. The predicted molar refractivity (Wildman–Crippen MR) is 38.6 cm³/mol. The van der Waals surface area contributed by atoms with Crippen LogP contribution < -0.4 is 0 Å². The van der Waals surface area contributed by atoms with Crippen LogP contribution in [0.2, 0.25) is 0 Å². The van der Waals surface area contributed by atoms with Gasteiger partial charge in [0.05, 0.1) is 0 Å². The molecule has 0 bridgehead atoms. The highest BCUT2D eigenvalue weighted by Gasteiger charge is 2.22. The minimum absolute atomic E-state index is 0.135. The molecule has 0 aliphatic carbocycles. The number of hydrogen-bond acceptors (Lipinski definition) is 1. The van der Waals surface area contributed by atoms with Gasteiger partial charge in [0.2, 0.25) is 0 Å². The molecular weight excluding hydrogens is 116 g/mol. The van der Waals surface area contributed by atoms with Crippen LogP contribution in [0.1, 0.15) is 20.8 Å². The van der Waals surface area contributed by atoms with E-state index in [1.807, 2.05) is 7.11 Å². The van der Waals surface area contributed by atoms with Gasteiger partial charge in [0.15, 0.2) is 5.60 Å². The summed E-state index contributed by atoms with van der Waals surface area (Å²) >= 11 is 0. The summed E-state index contributed by atoms with van der Waals surface area (Å²) in [4.78, 5) is 0. The van der Waals surface area contributed by atoms with Crippen molar-refractivity contribution < 1.29 is 9.10 Å².